The van der Waals surface area contributed by atoms with E-state index in [0.717, 1.165) is 22.9 Å². The first-order valence-electron chi connectivity index (χ1n) is 13.6. The predicted molar refractivity (Wildman–Crippen MR) is 154 cm³/mol. The first-order valence-corrected chi connectivity index (χ1v) is 13.6. The lowest BCUT2D eigenvalue weighted by Crippen LogP contribution is -2.18. The largest absolute Gasteiger partial charge is 0.478 e. The number of ketones is 1. The molecular formula is C33H35NO6. The average Bonchev–Trinajstić information content (AvgIpc) is 3.30. The minimum absolute atomic E-state index is 0.151. The van der Waals surface area contributed by atoms with Gasteiger partial charge in [-0.15, -0.1) is 0 Å². The standard InChI is InChI=1S/C33H35NO6/c1-4-39-30(35)10-7-19-34-21-28(27-8-5-6-9-29(27)34)31(36)24-15-17-26(18-16-24)40-32(33(37)38)25-13-11-23(12-14-25)20-22(2)3/h5-6,8-9,11-18,21-22,32H,4,7,10,19-20H2,1-3H3,(H,37,38). The van der Waals surface area contributed by atoms with Crippen molar-refractivity contribution in [2.75, 3.05) is 6.61 Å². The number of ether oxygens (including phenoxy) is 2. The lowest BCUT2D eigenvalue weighted by Gasteiger charge is -2.16. The maximum Gasteiger partial charge on any atom is 0.349 e. The molecule has 3 aromatic carbocycles. The van der Waals surface area contributed by atoms with E-state index in [1.165, 1.54) is 0 Å². The summed E-state index contributed by atoms with van der Waals surface area (Å²) in [6.45, 7) is 6.99. The third kappa shape index (κ3) is 6.97. The van der Waals surface area contributed by atoms with Gasteiger partial charge in [-0.25, -0.2) is 4.79 Å². The molecule has 0 bridgehead atoms. The maximum atomic E-state index is 13.5. The van der Waals surface area contributed by atoms with Crippen LogP contribution in [0.2, 0.25) is 0 Å². The van der Waals surface area contributed by atoms with Crippen molar-refractivity contribution in [1.82, 2.24) is 4.57 Å². The van der Waals surface area contributed by atoms with Crippen LogP contribution in [0.1, 0.15) is 66.8 Å². The van der Waals surface area contributed by atoms with Gasteiger partial charge in [0.25, 0.3) is 0 Å². The van der Waals surface area contributed by atoms with Crippen LogP contribution in [-0.4, -0.2) is 34.0 Å². The minimum atomic E-state index is -1.16. The number of hydrogen-bond donors (Lipinski definition) is 1. The molecule has 0 saturated heterocycles. The Morgan fingerprint density at radius 2 is 1.62 bits per heavy atom. The van der Waals surface area contributed by atoms with Gasteiger partial charge in [-0.05, 0) is 61.6 Å². The number of benzene rings is 3. The van der Waals surface area contributed by atoms with Crippen LogP contribution in [0.4, 0.5) is 0 Å². The molecule has 1 unspecified atom stereocenters. The van der Waals surface area contributed by atoms with Crippen molar-refractivity contribution in [3.63, 3.8) is 0 Å². The first-order chi connectivity index (χ1) is 19.3. The molecule has 1 atom stereocenters. The lowest BCUT2D eigenvalue weighted by molar-refractivity contribution is -0.145. The van der Waals surface area contributed by atoms with E-state index in [9.17, 15) is 19.5 Å². The van der Waals surface area contributed by atoms with Crippen molar-refractivity contribution < 1.29 is 29.0 Å². The number of aromatic nitrogens is 1. The summed E-state index contributed by atoms with van der Waals surface area (Å²) in [7, 11) is 0. The molecule has 7 nitrogen and oxygen atoms in total. The van der Waals surface area contributed by atoms with Crippen LogP contribution < -0.4 is 4.74 Å². The van der Waals surface area contributed by atoms with Crippen molar-refractivity contribution in [1.29, 1.82) is 0 Å². The van der Waals surface area contributed by atoms with Gasteiger partial charge in [0.05, 0.1) is 6.61 Å². The molecule has 0 fully saturated rings. The first kappa shape index (κ1) is 28.6. The Morgan fingerprint density at radius 1 is 0.925 bits per heavy atom. The van der Waals surface area contributed by atoms with Crippen LogP contribution in [0.15, 0.2) is 79.0 Å². The zero-order chi connectivity index (χ0) is 28.6. The highest BCUT2D eigenvalue weighted by Crippen LogP contribution is 2.27. The quantitative estimate of drug-likeness (QED) is 0.151. The van der Waals surface area contributed by atoms with Crippen LogP contribution in [-0.2, 0) is 27.3 Å². The molecule has 0 amide bonds. The second-order valence-electron chi connectivity index (χ2n) is 10.2. The highest BCUT2D eigenvalue weighted by atomic mass is 16.5. The Balaban J connectivity index is 1.49. The van der Waals surface area contributed by atoms with Crippen LogP contribution in [0.5, 0.6) is 5.75 Å². The van der Waals surface area contributed by atoms with Crippen molar-refractivity contribution in [2.45, 2.75) is 52.7 Å². The number of carboxylic acids is 1. The van der Waals surface area contributed by atoms with E-state index < -0.39 is 12.1 Å². The van der Waals surface area contributed by atoms with E-state index >= 15 is 0 Å². The van der Waals surface area contributed by atoms with Gasteiger partial charge in [-0.2, -0.15) is 0 Å². The Kier molecular flexibility index (Phi) is 9.38. The Labute approximate surface area is 234 Å². The minimum Gasteiger partial charge on any atom is -0.478 e. The lowest BCUT2D eigenvalue weighted by atomic mass is 10.00. The fourth-order valence-electron chi connectivity index (χ4n) is 4.78. The van der Waals surface area contributed by atoms with Gasteiger partial charge in [0.2, 0.25) is 6.10 Å². The highest BCUT2D eigenvalue weighted by Gasteiger charge is 2.23. The summed E-state index contributed by atoms with van der Waals surface area (Å²) >= 11 is 0. The molecule has 40 heavy (non-hydrogen) atoms. The van der Waals surface area contributed by atoms with E-state index in [-0.39, 0.29) is 11.8 Å². The van der Waals surface area contributed by atoms with Gasteiger partial charge in [0.1, 0.15) is 5.75 Å². The van der Waals surface area contributed by atoms with E-state index in [1.54, 1.807) is 43.3 Å². The normalized spacial score (nSPS) is 11.9. The topological polar surface area (TPSA) is 94.8 Å². The molecule has 4 aromatic rings. The van der Waals surface area contributed by atoms with Crippen molar-refractivity contribution in [3.8, 4) is 5.75 Å². The fourth-order valence-corrected chi connectivity index (χ4v) is 4.78. The Morgan fingerprint density at radius 3 is 2.27 bits per heavy atom. The van der Waals surface area contributed by atoms with Gasteiger partial charge in [0.15, 0.2) is 5.78 Å². The Bertz CT molecular complexity index is 1470. The van der Waals surface area contributed by atoms with Crippen molar-refractivity contribution in [2.24, 2.45) is 5.92 Å². The van der Waals surface area contributed by atoms with Crippen LogP contribution in [0.25, 0.3) is 10.9 Å². The van der Waals surface area contributed by atoms with Gasteiger partial charge < -0.3 is 19.1 Å². The van der Waals surface area contributed by atoms with Gasteiger partial charge in [-0.3, -0.25) is 9.59 Å². The number of carboxylic acid groups (broad SMARTS) is 1. The number of aliphatic carboxylic acids is 1. The number of hydrogen-bond acceptors (Lipinski definition) is 5. The monoisotopic (exact) mass is 541 g/mol. The van der Waals surface area contributed by atoms with Gasteiger partial charge in [0, 0.05) is 46.8 Å². The molecule has 0 aliphatic rings. The summed E-state index contributed by atoms with van der Waals surface area (Å²) in [6, 6.07) is 21.7. The van der Waals surface area contributed by atoms with Crippen molar-refractivity contribution in [3.05, 3.63) is 101 Å². The van der Waals surface area contributed by atoms with Crippen molar-refractivity contribution >= 4 is 28.6 Å². The predicted octanol–water partition coefficient (Wildman–Crippen LogP) is 6.62. The molecule has 0 saturated carbocycles. The molecule has 0 spiro atoms. The smallest absolute Gasteiger partial charge is 0.349 e. The van der Waals surface area contributed by atoms with E-state index in [4.69, 9.17) is 9.47 Å². The van der Waals surface area contributed by atoms with Crippen LogP contribution in [0, 0.1) is 5.92 Å². The third-order valence-corrected chi connectivity index (χ3v) is 6.64. The number of rotatable bonds is 13. The molecule has 4 rings (SSSR count). The number of fused-ring (bicyclic) bond motifs is 1. The molecule has 0 radical (unpaired) electrons. The molecule has 1 heterocycles. The molecule has 1 aromatic heterocycles. The number of nitrogens with zero attached hydrogens (tertiary/aromatic N) is 1. The van der Waals surface area contributed by atoms with E-state index in [0.29, 0.717) is 54.4 Å². The van der Waals surface area contributed by atoms with Crippen LogP contribution >= 0.6 is 0 Å². The Hall–Kier alpha value is -4.39. The summed E-state index contributed by atoms with van der Waals surface area (Å²) in [5.74, 6) is -0.608. The molecular weight excluding hydrogens is 506 g/mol. The molecule has 7 heteroatoms. The van der Waals surface area contributed by atoms with E-state index in [1.807, 2.05) is 47.2 Å². The summed E-state index contributed by atoms with van der Waals surface area (Å²) in [6.07, 6.45) is 2.49. The zero-order valence-electron chi connectivity index (χ0n) is 23.1. The maximum absolute atomic E-state index is 13.5. The van der Waals surface area contributed by atoms with Gasteiger partial charge >= 0.3 is 11.9 Å². The second-order valence-corrected chi connectivity index (χ2v) is 10.2. The molecule has 1 N–H and O–H groups in total. The number of carbonyl (C=O) groups is 3. The summed E-state index contributed by atoms with van der Waals surface area (Å²) < 4.78 is 12.8. The average molecular weight is 542 g/mol. The third-order valence-electron chi connectivity index (χ3n) is 6.64. The summed E-state index contributed by atoms with van der Waals surface area (Å²) in [5, 5.41) is 10.6. The number of esters is 1. The SMILES string of the molecule is CCOC(=O)CCCn1cc(C(=O)c2ccc(OC(C(=O)O)c3ccc(CC(C)C)cc3)cc2)c2ccccc21. The second kappa shape index (κ2) is 13.1. The van der Waals surface area contributed by atoms with Gasteiger partial charge in [-0.1, -0.05) is 56.3 Å². The fraction of sp³-hybridized carbons (Fsp3) is 0.303. The number of aryl methyl sites for hydroxylation is 1. The summed E-state index contributed by atoms with van der Waals surface area (Å²) in [5.41, 5.74) is 3.64. The highest BCUT2D eigenvalue weighted by molar-refractivity contribution is 6.16. The van der Waals surface area contributed by atoms with E-state index in [2.05, 4.69) is 13.8 Å². The summed E-state index contributed by atoms with van der Waals surface area (Å²) in [4.78, 5) is 37.2. The molecule has 0 aliphatic carbocycles. The number of para-hydroxylation sites is 1. The molecule has 0 aliphatic heterocycles. The molecule has 208 valence electrons. The zero-order valence-corrected chi connectivity index (χ0v) is 23.1. The number of carbonyl (C=O) groups excluding carboxylic acids is 2. The van der Waals surface area contributed by atoms with Crippen LogP contribution in [0.3, 0.4) is 0 Å².